The first-order valence-electron chi connectivity index (χ1n) is 38.0. The van der Waals surface area contributed by atoms with Gasteiger partial charge < -0.3 is 47.0 Å². The van der Waals surface area contributed by atoms with Gasteiger partial charge in [-0.05, 0) is 85.1 Å². The Hall–Kier alpha value is -9.11. The molecule has 0 bridgehead atoms. The van der Waals surface area contributed by atoms with Gasteiger partial charge in [0, 0.05) is 180 Å². The fourth-order valence-corrected chi connectivity index (χ4v) is 15.3. The Labute approximate surface area is 626 Å². The molecule has 10 atom stereocenters. The molecule has 10 unspecified atom stereocenters. The Kier molecular flexibility index (Phi) is 33.3. The van der Waals surface area contributed by atoms with Crippen molar-refractivity contribution in [2.75, 3.05) is 85.1 Å². The van der Waals surface area contributed by atoms with Gasteiger partial charge >= 0.3 is 17.9 Å². The standard InChI is InChI=1S/C81H112N10O16/c1-7-52(5)63(71(94)39-55(24-25-75(82)98)69(92)41-57(80(83)106)35-51(3)4)43-70(93)56(37-59-45-84-65-21-14-12-19-61(59)65)40-74(97)68-23-16-26-91(68)81(107)58(36-54-17-10-9-11-18-54)42-72(95)64(53(6)8-2)44-73(96)67(38-60-46-85-66-22-15-13-20-62(60)66)86-76(99)47-87-27-29-88(48-77(100)101)31-33-90(50-79(104)105)34-32-89(30-28-87)49-78(102)103/h9-15,17-22,45-46,51-53,55-58,63-64,67-68,84-85H,7-8,16,23-44,47-50H2,1-6H3,(H2,82,98)(H2,83,106)(H,86,99)(H,100,101)(H,102,103)(H,104,105). The lowest BCUT2D eigenvalue weighted by atomic mass is 9.76. The number of hydrogen-bond acceptors (Lipinski definition) is 17. The zero-order valence-corrected chi connectivity index (χ0v) is 63.1. The van der Waals surface area contributed by atoms with Gasteiger partial charge in [-0.15, -0.1) is 0 Å². The van der Waals surface area contributed by atoms with Crippen molar-refractivity contribution in [1.29, 1.82) is 0 Å². The lowest BCUT2D eigenvalue weighted by Crippen LogP contribution is -2.51. The number of amides is 4. The highest BCUT2D eigenvalue weighted by Gasteiger charge is 2.42. The SMILES string of the molecule is CCC(C)C(CC(=O)C(CC(=O)C1CCCN1C(=O)C(CC(=O)C(CC(=O)C(Cc1c[nH]c2ccccc12)NC(=O)CN1CCN(CC(=O)O)CCN(CC(=O)O)CCN(CC(=O)O)CC1)C(C)CC)Cc1ccccc1)Cc1c[nH]c2ccccc12)C(=O)CC(CCC(N)=O)C(=O)CC(CC(C)C)C(N)=O. The highest BCUT2D eigenvalue weighted by atomic mass is 16.4. The van der Waals surface area contributed by atoms with Crippen LogP contribution in [0.1, 0.15) is 142 Å². The van der Waals surface area contributed by atoms with Gasteiger partial charge in [-0.1, -0.05) is 121 Å². The summed E-state index contributed by atoms with van der Waals surface area (Å²) in [5.41, 5.74) is 15.1. The topological polar surface area (TPSA) is 394 Å². The number of carboxylic acids is 3. The molecule has 26 heteroatoms. The van der Waals surface area contributed by atoms with Crippen LogP contribution in [0.25, 0.3) is 21.8 Å². The van der Waals surface area contributed by atoms with E-state index in [1.807, 2.05) is 120 Å². The van der Waals surface area contributed by atoms with Crippen molar-refractivity contribution in [3.8, 4) is 0 Å². The van der Waals surface area contributed by atoms with Crippen molar-refractivity contribution in [1.82, 2.24) is 39.8 Å². The van der Waals surface area contributed by atoms with Gasteiger partial charge in [-0.25, -0.2) is 0 Å². The molecule has 0 spiro atoms. The number of primary amides is 2. The van der Waals surface area contributed by atoms with Crippen LogP contribution in [0.4, 0.5) is 0 Å². The molecule has 2 aliphatic heterocycles. The summed E-state index contributed by atoms with van der Waals surface area (Å²) in [6.45, 7) is 11.4. The molecule has 2 aromatic heterocycles. The number of H-pyrrole nitrogens is 2. The summed E-state index contributed by atoms with van der Waals surface area (Å²) in [5.74, 6) is -14.2. The average Bonchev–Trinajstić information content (AvgIpc) is 1.74. The normalized spacial score (nSPS) is 17.9. The molecule has 0 saturated carbocycles. The Balaban J connectivity index is 1.14. The van der Waals surface area contributed by atoms with Crippen LogP contribution in [0.2, 0.25) is 0 Å². The second-order valence-electron chi connectivity index (χ2n) is 30.2. The molecule has 4 amide bonds. The summed E-state index contributed by atoms with van der Waals surface area (Å²) >= 11 is 0. The van der Waals surface area contributed by atoms with Crippen LogP contribution in [-0.2, 0) is 81.6 Å². The van der Waals surface area contributed by atoms with Gasteiger partial charge in [0.25, 0.3) is 0 Å². The second kappa shape index (κ2) is 41.9. The molecule has 7 rings (SSSR count). The maximum Gasteiger partial charge on any atom is 0.317 e. The van der Waals surface area contributed by atoms with Crippen LogP contribution < -0.4 is 16.8 Å². The van der Waals surface area contributed by atoms with E-state index >= 15 is 24.0 Å². The number of benzene rings is 3. The van der Waals surface area contributed by atoms with E-state index in [4.69, 9.17) is 11.5 Å². The fourth-order valence-electron chi connectivity index (χ4n) is 15.3. The molecule has 2 aliphatic rings. The smallest absolute Gasteiger partial charge is 0.317 e. The molecule has 0 radical (unpaired) electrons. The number of nitrogens with zero attached hydrogens (tertiary/aromatic N) is 5. The molecule has 2 saturated heterocycles. The van der Waals surface area contributed by atoms with E-state index in [1.165, 1.54) is 4.90 Å². The lowest BCUT2D eigenvalue weighted by Gasteiger charge is -2.33. The predicted octanol–water partition coefficient (Wildman–Crippen LogP) is 6.97. The molecule has 4 heterocycles. The van der Waals surface area contributed by atoms with Crippen molar-refractivity contribution < 1.29 is 77.6 Å². The van der Waals surface area contributed by atoms with Crippen molar-refractivity contribution in [3.05, 3.63) is 108 Å². The minimum absolute atomic E-state index is 0.0219. The number of aromatic nitrogens is 2. The molecule has 10 N–H and O–H groups in total. The number of hydrogen-bond donors (Lipinski definition) is 8. The number of carbonyl (C=O) groups is 13. The van der Waals surface area contributed by atoms with Crippen molar-refractivity contribution in [3.63, 3.8) is 0 Å². The van der Waals surface area contributed by atoms with Crippen LogP contribution in [0, 0.1) is 53.3 Å². The minimum Gasteiger partial charge on any atom is -0.480 e. The monoisotopic (exact) mass is 1480 g/mol. The Bertz CT molecular complexity index is 3860. The molecule has 107 heavy (non-hydrogen) atoms. The van der Waals surface area contributed by atoms with Crippen LogP contribution in [0.15, 0.2) is 91.3 Å². The first-order valence-corrected chi connectivity index (χ1v) is 38.0. The highest BCUT2D eigenvalue weighted by molar-refractivity contribution is 5.99. The number of likely N-dealkylation sites (tertiary alicyclic amines) is 1. The first kappa shape index (κ1) is 85.1. The Morgan fingerprint density at radius 2 is 0.944 bits per heavy atom. The highest BCUT2D eigenvalue weighted by Crippen LogP contribution is 2.35. The zero-order chi connectivity index (χ0) is 78.0. The van der Waals surface area contributed by atoms with Crippen LogP contribution in [0.3, 0.4) is 0 Å². The van der Waals surface area contributed by atoms with Gasteiger partial charge in [0.15, 0.2) is 11.6 Å². The Morgan fingerprint density at radius 3 is 1.42 bits per heavy atom. The van der Waals surface area contributed by atoms with E-state index in [-0.39, 0.29) is 197 Å². The van der Waals surface area contributed by atoms with E-state index in [2.05, 4.69) is 15.3 Å². The molecule has 0 aliphatic carbocycles. The largest absolute Gasteiger partial charge is 0.480 e. The molecule has 26 nitrogen and oxygen atoms in total. The van der Waals surface area contributed by atoms with Crippen molar-refractivity contribution in [2.45, 2.75) is 156 Å². The van der Waals surface area contributed by atoms with Crippen LogP contribution >= 0.6 is 0 Å². The number of nitrogens with two attached hydrogens (primary N) is 2. The summed E-state index contributed by atoms with van der Waals surface area (Å²) < 4.78 is 0. The van der Waals surface area contributed by atoms with E-state index in [0.717, 1.165) is 32.9 Å². The molecular weight excluding hydrogens is 1370 g/mol. The molecule has 3 aromatic carbocycles. The molecule has 582 valence electrons. The third-order valence-electron chi connectivity index (χ3n) is 21.8. The number of ketones is 6. The average molecular weight is 1480 g/mol. The summed E-state index contributed by atoms with van der Waals surface area (Å²) in [6, 6.07) is 22.0. The number of Topliss-reactive ketones (excluding diaryl/α,β-unsaturated/α-hetero) is 6. The summed E-state index contributed by atoms with van der Waals surface area (Å²) in [7, 11) is 0. The number of fused-ring (bicyclic) bond motifs is 2. The molecule has 5 aromatic rings. The van der Waals surface area contributed by atoms with E-state index < -0.39 is 107 Å². The second-order valence-corrected chi connectivity index (χ2v) is 30.2. The zero-order valence-electron chi connectivity index (χ0n) is 63.1. The number of nitrogens with one attached hydrogen (secondary N) is 3. The summed E-state index contributed by atoms with van der Waals surface area (Å²) in [6.07, 6.45) is 3.89. The quantitative estimate of drug-likeness (QED) is 0.0195. The van der Waals surface area contributed by atoms with Crippen LogP contribution in [-0.4, -0.2) is 223 Å². The third-order valence-corrected chi connectivity index (χ3v) is 21.8. The predicted molar refractivity (Wildman–Crippen MR) is 404 cm³/mol. The van der Waals surface area contributed by atoms with E-state index in [1.54, 1.807) is 32.0 Å². The minimum atomic E-state index is -1.18. The summed E-state index contributed by atoms with van der Waals surface area (Å²) in [4.78, 5) is 196. The lowest BCUT2D eigenvalue weighted by molar-refractivity contribution is -0.143. The van der Waals surface area contributed by atoms with Crippen molar-refractivity contribution >= 4 is 98.0 Å². The number of aromatic amines is 2. The number of rotatable bonds is 44. The third kappa shape index (κ3) is 26.4. The van der Waals surface area contributed by atoms with Gasteiger partial charge in [0.2, 0.25) is 23.6 Å². The van der Waals surface area contributed by atoms with Gasteiger partial charge in [0.05, 0.1) is 38.3 Å². The Morgan fingerprint density at radius 1 is 0.495 bits per heavy atom. The number of aliphatic carboxylic acids is 3. The van der Waals surface area contributed by atoms with Gasteiger partial charge in [-0.2, -0.15) is 0 Å². The van der Waals surface area contributed by atoms with Crippen LogP contribution in [0.5, 0.6) is 0 Å². The summed E-state index contributed by atoms with van der Waals surface area (Å²) in [5, 5.41) is 34.0. The maximum atomic E-state index is 15.6. The maximum absolute atomic E-state index is 15.6. The number of carboxylic acid groups (broad SMARTS) is 3. The number of para-hydroxylation sites is 2. The molecule has 2 fully saturated rings. The van der Waals surface area contributed by atoms with E-state index in [9.17, 15) is 53.7 Å². The van der Waals surface area contributed by atoms with Gasteiger partial charge in [-0.3, -0.25) is 81.9 Å². The number of carbonyl (C=O) groups excluding carboxylic acids is 10. The fraction of sp³-hybridized carbons (Fsp3) is 0.568. The molecular formula is C81H112N10O16. The van der Waals surface area contributed by atoms with Gasteiger partial charge in [0.1, 0.15) is 23.1 Å². The van der Waals surface area contributed by atoms with E-state index in [0.29, 0.717) is 31.2 Å². The van der Waals surface area contributed by atoms with Crippen molar-refractivity contribution in [2.24, 2.45) is 64.7 Å². The first-order chi connectivity index (χ1) is 51.0.